The Hall–Kier alpha value is -2.12. The number of thiazole rings is 1. The van der Waals surface area contributed by atoms with Gasteiger partial charge in [0.05, 0.1) is 34.1 Å². The Kier molecular flexibility index (Phi) is 5.55. The van der Waals surface area contributed by atoms with E-state index in [9.17, 15) is 0 Å². The predicted octanol–water partition coefficient (Wildman–Crippen LogP) is 5.30. The Morgan fingerprint density at radius 1 is 1.28 bits per heavy atom. The number of ether oxygens (including phenoxy) is 2. The zero-order valence-corrected chi connectivity index (χ0v) is 16.5. The van der Waals surface area contributed by atoms with E-state index in [-0.39, 0.29) is 6.10 Å². The van der Waals surface area contributed by atoms with Crippen molar-refractivity contribution in [2.45, 2.75) is 20.0 Å². The van der Waals surface area contributed by atoms with E-state index in [4.69, 9.17) is 9.47 Å². The summed E-state index contributed by atoms with van der Waals surface area (Å²) < 4.78 is 13.2. The molecule has 25 heavy (non-hydrogen) atoms. The van der Waals surface area contributed by atoms with Gasteiger partial charge in [-0.3, -0.25) is 5.43 Å². The zero-order valence-electron chi connectivity index (χ0n) is 14.1. The summed E-state index contributed by atoms with van der Waals surface area (Å²) in [5.41, 5.74) is 4.82. The topological polar surface area (TPSA) is 55.7 Å². The van der Waals surface area contributed by atoms with E-state index in [1.807, 2.05) is 50.2 Å². The molecule has 1 heterocycles. The molecule has 0 saturated heterocycles. The highest BCUT2D eigenvalue weighted by molar-refractivity contribution is 9.10. The smallest absolute Gasteiger partial charge is 0.204 e. The van der Waals surface area contributed by atoms with E-state index >= 15 is 0 Å². The maximum Gasteiger partial charge on any atom is 0.204 e. The van der Waals surface area contributed by atoms with Gasteiger partial charge in [-0.15, -0.1) is 0 Å². The van der Waals surface area contributed by atoms with Crippen molar-refractivity contribution in [2.75, 3.05) is 12.5 Å². The Morgan fingerprint density at radius 3 is 2.80 bits per heavy atom. The number of hydrogen-bond donors (Lipinski definition) is 1. The summed E-state index contributed by atoms with van der Waals surface area (Å²) in [7, 11) is 1.62. The number of aromatic nitrogens is 1. The van der Waals surface area contributed by atoms with Crippen LogP contribution >= 0.6 is 27.3 Å². The Bertz CT molecular complexity index is 875. The number of benzene rings is 2. The van der Waals surface area contributed by atoms with E-state index < -0.39 is 0 Å². The zero-order chi connectivity index (χ0) is 17.8. The number of halogens is 1. The van der Waals surface area contributed by atoms with Gasteiger partial charge in [-0.05, 0) is 59.6 Å². The monoisotopic (exact) mass is 419 g/mol. The third-order valence-corrected chi connectivity index (χ3v) is 4.80. The van der Waals surface area contributed by atoms with Gasteiger partial charge in [0, 0.05) is 0 Å². The van der Waals surface area contributed by atoms with Crippen LogP contribution in [-0.4, -0.2) is 24.4 Å². The van der Waals surface area contributed by atoms with Crippen molar-refractivity contribution in [3.05, 3.63) is 46.4 Å². The number of para-hydroxylation sites is 1. The second-order valence-corrected chi connectivity index (χ2v) is 7.44. The van der Waals surface area contributed by atoms with Crippen molar-refractivity contribution < 1.29 is 9.47 Å². The van der Waals surface area contributed by atoms with Gasteiger partial charge in [0.25, 0.3) is 0 Å². The average Bonchev–Trinajstić information content (AvgIpc) is 2.99. The van der Waals surface area contributed by atoms with Crippen LogP contribution in [0.5, 0.6) is 11.5 Å². The van der Waals surface area contributed by atoms with E-state index in [2.05, 4.69) is 31.4 Å². The van der Waals surface area contributed by atoms with Crippen molar-refractivity contribution in [3.8, 4) is 11.5 Å². The van der Waals surface area contributed by atoms with Crippen molar-refractivity contribution >= 4 is 48.8 Å². The first-order valence-corrected chi connectivity index (χ1v) is 9.36. The van der Waals surface area contributed by atoms with E-state index in [1.54, 1.807) is 24.7 Å². The van der Waals surface area contributed by atoms with Gasteiger partial charge >= 0.3 is 0 Å². The van der Waals surface area contributed by atoms with Crippen LogP contribution < -0.4 is 14.9 Å². The largest absolute Gasteiger partial charge is 0.493 e. The quantitative estimate of drug-likeness (QED) is 0.434. The summed E-state index contributed by atoms with van der Waals surface area (Å²) in [5.74, 6) is 1.35. The molecule has 1 aromatic heterocycles. The third kappa shape index (κ3) is 4.29. The van der Waals surface area contributed by atoms with Crippen LogP contribution in [0.3, 0.4) is 0 Å². The minimum atomic E-state index is 0.0606. The molecule has 2 aromatic carbocycles. The minimum absolute atomic E-state index is 0.0606. The van der Waals surface area contributed by atoms with Crippen molar-refractivity contribution in [1.82, 2.24) is 4.98 Å². The van der Waals surface area contributed by atoms with Crippen molar-refractivity contribution in [1.29, 1.82) is 0 Å². The van der Waals surface area contributed by atoms with E-state index in [0.717, 1.165) is 25.4 Å². The molecule has 130 valence electrons. The maximum atomic E-state index is 5.79. The van der Waals surface area contributed by atoms with Crippen LogP contribution in [-0.2, 0) is 0 Å². The molecule has 0 bridgehead atoms. The van der Waals surface area contributed by atoms with Crippen molar-refractivity contribution in [3.63, 3.8) is 0 Å². The summed E-state index contributed by atoms with van der Waals surface area (Å²) in [6.45, 7) is 3.95. The number of fused-ring (bicyclic) bond motifs is 1. The Balaban J connectivity index is 1.77. The molecule has 0 atom stereocenters. The standard InChI is InChI=1S/C18H18BrN3O2S/c1-11(2)24-17-13(19)8-12(9-15(17)23-3)10-20-22-18-21-14-6-4-5-7-16(14)25-18/h4-11H,1-3H3,(H,21,22)/b20-10-. The molecule has 0 aliphatic carbocycles. The van der Waals surface area contributed by atoms with Crippen LogP contribution in [0.25, 0.3) is 10.2 Å². The second-order valence-electron chi connectivity index (χ2n) is 5.56. The minimum Gasteiger partial charge on any atom is -0.493 e. The molecule has 0 spiro atoms. The van der Waals surface area contributed by atoms with Crippen LogP contribution in [0.4, 0.5) is 5.13 Å². The molecule has 7 heteroatoms. The average molecular weight is 420 g/mol. The lowest BCUT2D eigenvalue weighted by Gasteiger charge is -2.15. The molecule has 3 aromatic rings. The number of rotatable bonds is 6. The van der Waals surface area contributed by atoms with Gasteiger partial charge in [-0.1, -0.05) is 23.5 Å². The van der Waals surface area contributed by atoms with E-state index in [0.29, 0.717) is 11.5 Å². The molecular weight excluding hydrogens is 402 g/mol. The third-order valence-electron chi connectivity index (χ3n) is 3.27. The SMILES string of the molecule is COc1cc(/C=N\Nc2nc3ccccc3s2)cc(Br)c1OC(C)C. The fraction of sp³-hybridized carbons (Fsp3) is 0.222. The number of nitrogens with one attached hydrogen (secondary N) is 1. The molecule has 1 N–H and O–H groups in total. The molecular formula is C18H18BrN3O2S. The van der Waals surface area contributed by atoms with Crippen LogP contribution in [0.2, 0.25) is 0 Å². The highest BCUT2D eigenvalue weighted by atomic mass is 79.9. The number of hydrazone groups is 1. The van der Waals surface area contributed by atoms with Gasteiger partial charge in [0.2, 0.25) is 5.13 Å². The number of methoxy groups -OCH3 is 1. The van der Waals surface area contributed by atoms with Gasteiger partial charge in [0.1, 0.15) is 0 Å². The van der Waals surface area contributed by atoms with Gasteiger partial charge in [-0.25, -0.2) is 4.98 Å². The molecule has 0 aliphatic heterocycles. The summed E-state index contributed by atoms with van der Waals surface area (Å²) in [4.78, 5) is 4.48. The highest BCUT2D eigenvalue weighted by Gasteiger charge is 2.12. The second kappa shape index (κ2) is 7.84. The van der Waals surface area contributed by atoms with Crippen molar-refractivity contribution in [2.24, 2.45) is 5.10 Å². The van der Waals surface area contributed by atoms with Crippen LogP contribution in [0.15, 0.2) is 46.0 Å². The van der Waals surface area contributed by atoms with Gasteiger partial charge < -0.3 is 9.47 Å². The van der Waals surface area contributed by atoms with Gasteiger partial charge in [-0.2, -0.15) is 5.10 Å². The first kappa shape index (κ1) is 17.7. The predicted molar refractivity (Wildman–Crippen MR) is 107 cm³/mol. The molecule has 0 amide bonds. The maximum absolute atomic E-state index is 5.79. The lowest BCUT2D eigenvalue weighted by Crippen LogP contribution is -2.07. The normalized spacial score (nSPS) is 11.4. The molecule has 0 fully saturated rings. The van der Waals surface area contributed by atoms with Gasteiger partial charge in [0.15, 0.2) is 11.5 Å². The fourth-order valence-corrected chi connectivity index (χ4v) is 3.62. The molecule has 3 rings (SSSR count). The lowest BCUT2D eigenvalue weighted by atomic mass is 10.2. The molecule has 0 aliphatic rings. The first-order chi connectivity index (χ1) is 12.1. The number of nitrogens with zero attached hydrogens (tertiary/aromatic N) is 2. The molecule has 0 unspecified atom stereocenters. The molecule has 5 nitrogen and oxygen atoms in total. The van der Waals surface area contributed by atoms with Crippen LogP contribution in [0, 0.1) is 0 Å². The Morgan fingerprint density at radius 2 is 2.08 bits per heavy atom. The fourth-order valence-electron chi connectivity index (χ4n) is 2.25. The summed E-state index contributed by atoms with van der Waals surface area (Å²) in [6, 6.07) is 11.8. The molecule has 0 saturated carbocycles. The van der Waals surface area contributed by atoms with E-state index in [1.165, 1.54) is 0 Å². The Labute approximate surface area is 158 Å². The first-order valence-electron chi connectivity index (χ1n) is 7.75. The molecule has 0 radical (unpaired) electrons. The summed E-state index contributed by atoms with van der Waals surface area (Å²) >= 11 is 5.09. The summed E-state index contributed by atoms with van der Waals surface area (Å²) in [5, 5.41) is 5.02. The lowest BCUT2D eigenvalue weighted by molar-refractivity contribution is 0.228. The summed E-state index contributed by atoms with van der Waals surface area (Å²) in [6.07, 6.45) is 1.78. The number of hydrogen-bond acceptors (Lipinski definition) is 6. The van der Waals surface area contributed by atoms with Crippen LogP contribution in [0.1, 0.15) is 19.4 Å². The highest BCUT2D eigenvalue weighted by Crippen LogP contribution is 2.37. The number of anilines is 1.